The number of ether oxygens (including phenoxy) is 1. The number of hydrogen-bond acceptors (Lipinski definition) is 4. The fourth-order valence-electron chi connectivity index (χ4n) is 3.27. The van der Waals surface area contributed by atoms with Crippen LogP contribution in [-0.4, -0.2) is 23.8 Å². The molecule has 0 radical (unpaired) electrons. The van der Waals surface area contributed by atoms with Crippen LogP contribution in [0.15, 0.2) is 30.0 Å². The molecule has 1 heterocycles. The van der Waals surface area contributed by atoms with Crippen LogP contribution in [0.25, 0.3) is 0 Å². The van der Waals surface area contributed by atoms with Crippen molar-refractivity contribution in [3.63, 3.8) is 0 Å². The average molecular weight is 314 g/mol. The molecule has 0 aromatic heterocycles. The summed E-state index contributed by atoms with van der Waals surface area (Å²) in [5.41, 5.74) is 7.23. The first-order valence-electron chi connectivity index (χ1n) is 8.14. The summed E-state index contributed by atoms with van der Waals surface area (Å²) in [6.07, 6.45) is 5.64. The molecule has 5 heteroatoms. The minimum Gasteiger partial charge on any atom is -0.475 e. The van der Waals surface area contributed by atoms with Gasteiger partial charge in [0.2, 0.25) is 6.10 Å². The van der Waals surface area contributed by atoms with Crippen LogP contribution in [0.5, 0.6) is 5.75 Å². The molecule has 0 spiro atoms. The number of rotatable bonds is 2. The Morgan fingerprint density at radius 3 is 2.74 bits per heavy atom. The number of carbonyl (C=O) groups is 2. The van der Waals surface area contributed by atoms with Gasteiger partial charge in [-0.25, -0.2) is 0 Å². The molecule has 1 atom stereocenters. The Hall–Kier alpha value is -2.30. The molecule has 1 aliphatic carbocycles. The summed E-state index contributed by atoms with van der Waals surface area (Å²) < 4.78 is 5.78. The SMILES string of the molecule is Cc1ccc2c(c1)C(=O)/C(=C\N)C(C(=O)NC1CCCCC1)O2. The predicted molar refractivity (Wildman–Crippen MR) is 87.2 cm³/mol. The number of nitrogens with one attached hydrogen (secondary N) is 1. The number of Topliss-reactive ketones (excluding diaryl/α,β-unsaturated/α-hetero) is 1. The van der Waals surface area contributed by atoms with Crippen molar-refractivity contribution < 1.29 is 14.3 Å². The van der Waals surface area contributed by atoms with Crippen molar-refractivity contribution in [1.82, 2.24) is 5.32 Å². The summed E-state index contributed by atoms with van der Waals surface area (Å²) in [6, 6.07) is 5.51. The van der Waals surface area contributed by atoms with E-state index in [-0.39, 0.29) is 23.3 Å². The lowest BCUT2D eigenvalue weighted by molar-refractivity contribution is -0.127. The topological polar surface area (TPSA) is 81.4 Å². The molecule has 1 aromatic rings. The number of nitrogens with two attached hydrogens (primary N) is 1. The zero-order valence-corrected chi connectivity index (χ0v) is 13.3. The van der Waals surface area contributed by atoms with Crippen LogP contribution in [0.4, 0.5) is 0 Å². The van der Waals surface area contributed by atoms with Gasteiger partial charge in [0.05, 0.1) is 11.1 Å². The van der Waals surface area contributed by atoms with Gasteiger partial charge in [-0.3, -0.25) is 9.59 Å². The maximum Gasteiger partial charge on any atom is 0.266 e. The Labute approximate surface area is 135 Å². The monoisotopic (exact) mass is 314 g/mol. The van der Waals surface area contributed by atoms with E-state index in [2.05, 4.69) is 5.32 Å². The molecular weight excluding hydrogens is 292 g/mol. The van der Waals surface area contributed by atoms with Gasteiger partial charge in [-0.1, -0.05) is 30.9 Å². The van der Waals surface area contributed by atoms with E-state index in [0.717, 1.165) is 31.2 Å². The van der Waals surface area contributed by atoms with Gasteiger partial charge in [-0.15, -0.1) is 0 Å². The van der Waals surface area contributed by atoms with Crippen LogP contribution < -0.4 is 15.8 Å². The van der Waals surface area contributed by atoms with Gasteiger partial charge >= 0.3 is 0 Å². The second-order valence-corrected chi connectivity index (χ2v) is 6.29. The van der Waals surface area contributed by atoms with Crippen LogP contribution in [0.1, 0.15) is 48.0 Å². The Bertz CT molecular complexity index is 660. The first-order chi connectivity index (χ1) is 11.1. The van der Waals surface area contributed by atoms with Gasteiger partial charge in [-0.2, -0.15) is 0 Å². The largest absolute Gasteiger partial charge is 0.475 e. The van der Waals surface area contributed by atoms with Gasteiger partial charge in [0.1, 0.15) is 5.75 Å². The molecule has 1 amide bonds. The van der Waals surface area contributed by atoms with Gasteiger partial charge in [0, 0.05) is 12.2 Å². The van der Waals surface area contributed by atoms with E-state index >= 15 is 0 Å². The molecule has 122 valence electrons. The number of hydrogen-bond donors (Lipinski definition) is 2. The Morgan fingerprint density at radius 2 is 2.04 bits per heavy atom. The average Bonchev–Trinajstić information content (AvgIpc) is 2.56. The molecule has 23 heavy (non-hydrogen) atoms. The number of amides is 1. The lowest BCUT2D eigenvalue weighted by Crippen LogP contribution is -2.48. The standard InChI is InChI=1S/C18H22N2O3/c1-11-7-8-15-13(9-11)16(21)14(10-19)17(23-15)18(22)20-12-5-3-2-4-6-12/h7-10,12,17H,2-6,19H2,1H3,(H,20,22)/b14-10+. The van der Waals surface area contributed by atoms with E-state index in [9.17, 15) is 9.59 Å². The molecule has 2 aliphatic rings. The molecule has 0 saturated heterocycles. The zero-order chi connectivity index (χ0) is 16.4. The molecule has 0 bridgehead atoms. The van der Waals surface area contributed by atoms with Crippen LogP contribution in [0.2, 0.25) is 0 Å². The van der Waals surface area contributed by atoms with Crippen molar-refractivity contribution in [3.05, 3.63) is 41.1 Å². The Kier molecular flexibility index (Phi) is 4.37. The highest BCUT2D eigenvalue weighted by atomic mass is 16.5. The van der Waals surface area contributed by atoms with Gasteiger partial charge in [0.25, 0.3) is 5.91 Å². The third-order valence-electron chi connectivity index (χ3n) is 4.54. The van der Waals surface area contributed by atoms with Crippen molar-refractivity contribution in [2.45, 2.75) is 51.2 Å². The number of aryl methyl sites for hydroxylation is 1. The Balaban J connectivity index is 1.82. The van der Waals surface area contributed by atoms with Crippen LogP contribution in [0, 0.1) is 6.92 Å². The summed E-state index contributed by atoms with van der Waals surface area (Å²) >= 11 is 0. The zero-order valence-electron chi connectivity index (χ0n) is 13.3. The van der Waals surface area contributed by atoms with Crippen molar-refractivity contribution in [2.75, 3.05) is 0 Å². The van der Waals surface area contributed by atoms with E-state index in [1.165, 1.54) is 12.6 Å². The highest BCUT2D eigenvalue weighted by Crippen LogP contribution is 2.31. The van der Waals surface area contributed by atoms with Gasteiger partial charge in [0.15, 0.2) is 5.78 Å². The van der Waals surface area contributed by atoms with E-state index in [0.29, 0.717) is 11.3 Å². The van der Waals surface area contributed by atoms with E-state index in [4.69, 9.17) is 10.5 Å². The highest BCUT2D eigenvalue weighted by molar-refractivity contribution is 6.15. The van der Waals surface area contributed by atoms with Crippen molar-refractivity contribution >= 4 is 11.7 Å². The van der Waals surface area contributed by atoms with Gasteiger partial charge < -0.3 is 15.8 Å². The summed E-state index contributed by atoms with van der Waals surface area (Å²) in [5, 5.41) is 3.00. The third kappa shape index (κ3) is 3.09. The fraction of sp³-hybridized carbons (Fsp3) is 0.444. The van der Waals surface area contributed by atoms with Crippen molar-refractivity contribution in [2.24, 2.45) is 5.73 Å². The third-order valence-corrected chi connectivity index (χ3v) is 4.54. The first-order valence-corrected chi connectivity index (χ1v) is 8.14. The first kappa shape index (κ1) is 15.6. The molecule has 1 saturated carbocycles. The number of ketones is 1. The van der Waals surface area contributed by atoms with Crippen molar-refractivity contribution in [3.8, 4) is 5.75 Å². The van der Waals surface area contributed by atoms with E-state index in [1.807, 2.05) is 13.0 Å². The quantitative estimate of drug-likeness (QED) is 0.820. The van der Waals surface area contributed by atoms with Crippen LogP contribution in [0.3, 0.4) is 0 Å². The molecular formula is C18H22N2O3. The molecule has 3 N–H and O–H groups in total. The fourth-order valence-corrected chi connectivity index (χ4v) is 3.27. The number of carbonyl (C=O) groups excluding carboxylic acids is 2. The van der Waals surface area contributed by atoms with E-state index in [1.54, 1.807) is 12.1 Å². The number of fused-ring (bicyclic) bond motifs is 1. The maximum absolute atomic E-state index is 12.6. The summed E-state index contributed by atoms with van der Waals surface area (Å²) in [6.45, 7) is 1.90. The highest BCUT2D eigenvalue weighted by Gasteiger charge is 2.37. The lowest BCUT2D eigenvalue weighted by Gasteiger charge is -2.29. The predicted octanol–water partition coefficient (Wildman–Crippen LogP) is 2.23. The summed E-state index contributed by atoms with van der Waals surface area (Å²) in [5.74, 6) is -0.0792. The molecule has 1 fully saturated rings. The second kappa shape index (κ2) is 6.44. The summed E-state index contributed by atoms with van der Waals surface area (Å²) in [7, 11) is 0. The lowest BCUT2D eigenvalue weighted by atomic mass is 9.92. The van der Waals surface area contributed by atoms with Crippen molar-refractivity contribution in [1.29, 1.82) is 0 Å². The van der Waals surface area contributed by atoms with Crippen LogP contribution in [-0.2, 0) is 4.79 Å². The number of benzene rings is 1. The molecule has 1 unspecified atom stereocenters. The summed E-state index contributed by atoms with van der Waals surface area (Å²) in [4.78, 5) is 25.2. The smallest absolute Gasteiger partial charge is 0.266 e. The Morgan fingerprint density at radius 1 is 1.30 bits per heavy atom. The van der Waals surface area contributed by atoms with Crippen LogP contribution >= 0.6 is 0 Å². The second-order valence-electron chi connectivity index (χ2n) is 6.29. The minimum atomic E-state index is -0.968. The van der Waals surface area contributed by atoms with Gasteiger partial charge in [-0.05, 0) is 31.9 Å². The molecule has 1 aliphatic heterocycles. The molecule has 3 rings (SSSR count). The van der Waals surface area contributed by atoms with E-state index < -0.39 is 6.10 Å². The molecule has 1 aromatic carbocycles. The maximum atomic E-state index is 12.6. The molecule has 5 nitrogen and oxygen atoms in total. The normalized spacial score (nSPS) is 23.3. The minimum absolute atomic E-state index is 0.161.